The quantitative estimate of drug-likeness (QED) is 0.578. The molecule has 0 bridgehead atoms. The normalized spacial score (nSPS) is 7.62. The average molecular weight is 398 g/mol. The molecule has 0 aromatic carbocycles. The van der Waals surface area contributed by atoms with Crippen LogP contribution in [0.1, 0.15) is 20.8 Å². The van der Waals surface area contributed by atoms with Gasteiger partial charge in [0.2, 0.25) is 0 Å². The second kappa shape index (κ2) is 14.9. The number of aliphatic carboxylic acids is 1. The third kappa shape index (κ3) is 32.7. The van der Waals surface area contributed by atoms with E-state index < -0.39 is 14.2 Å². The second-order valence-corrected chi connectivity index (χ2v) is 2.54. The van der Waals surface area contributed by atoms with Gasteiger partial charge < -0.3 is 5.11 Å². The Balaban J connectivity index is -0.000000173. The minimum Gasteiger partial charge on any atom is -0.481 e. The Morgan fingerprint density at radius 2 is 1.54 bits per heavy atom. The Kier molecular flexibility index (Phi) is 21.9. The van der Waals surface area contributed by atoms with Crippen LogP contribution in [0.25, 0.3) is 0 Å². The van der Waals surface area contributed by atoms with Crippen LogP contribution in [0.4, 0.5) is 0 Å². The molecule has 0 saturated carbocycles. The van der Waals surface area contributed by atoms with Crippen LogP contribution in [0.15, 0.2) is 0 Å². The first-order valence-corrected chi connectivity index (χ1v) is 4.56. The van der Waals surface area contributed by atoms with Gasteiger partial charge in [0.05, 0.1) is 0 Å². The first-order valence-electron chi connectivity index (χ1n) is 3.47. The molecule has 0 fully saturated rings. The zero-order chi connectivity index (χ0) is 9.98. The van der Waals surface area contributed by atoms with E-state index in [9.17, 15) is 4.57 Å². The van der Waals surface area contributed by atoms with Crippen molar-refractivity contribution in [2.75, 3.05) is 13.2 Å². The number of carboxylic acid groups (broad SMARTS) is 1. The van der Waals surface area contributed by atoms with Gasteiger partial charge >= 0.3 is 8.25 Å². The van der Waals surface area contributed by atoms with Crippen molar-refractivity contribution in [1.82, 2.24) is 0 Å². The molecule has 0 atom stereocenters. The predicted molar refractivity (Wildman–Crippen MR) is 44.2 cm³/mol. The second-order valence-electron chi connectivity index (χ2n) is 1.58. The standard InChI is InChI=1S/C4H10O3P.C2H4O2.Hg/c1-3-6-8(5)7-4-2;1-2(3)4;/h3-4H2,1-2H3;1H3,(H,3,4);/q+1;;. The number of hydrogen-bond acceptors (Lipinski definition) is 4. The van der Waals surface area contributed by atoms with E-state index in [4.69, 9.17) is 9.90 Å². The van der Waals surface area contributed by atoms with Gasteiger partial charge in [-0.05, 0) is 13.8 Å². The number of hydrogen-bond donors (Lipinski definition) is 1. The van der Waals surface area contributed by atoms with Gasteiger partial charge in [0.1, 0.15) is 13.2 Å². The Labute approximate surface area is 99.3 Å². The minimum atomic E-state index is -1.83. The average Bonchev–Trinajstić information content (AvgIpc) is 1.87. The van der Waals surface area contributed by atoms with Crippen molar-refractivity contribution in [3.05, 3.63) is 0 Å². The van der Waals surface area contributed by atoms with Crippen molar-refractivity contribution in [3.63, 3.8) is 0 Å². The summed E-state index contributed by atoms with van der Waals surface area (Å²) < 4.78 is 19.5. The van der Waals surface area contributed by atoms with Crippen LogP contribution in [-0.2, 0) is 46.1 Å². The molecule has 0 aliphatic heterocycles. The maximum Gasteiger partial charge on any atom is 0.697 e. The molecule has 0 saturated heterocycles. The smallest absolute Gasteiger partial charge is 0.481 e. The molecule has 7 heteroatoms. The third-order valence-electron chi connectivity index (χ3n) is 0.469. The van der Waals surface area contributed by atoms with Gasteiger partial charge in [-0.2, -0.15) is 0 Å². The molecule has 0 aliphatic rings. The molecule has 0 amide bonds. The number of rotatable bonds is 4. The molecule has 0 aromatic rings. The fourth-order valence-corrected chi connectivity index (χ4v) is 0.744. The summed E-state index contributed by atoms with van der Waals surface area (Å²) in [5.41, 5.74) is 0. The molecule has 0 radical (unpaired) electrons. The molecule has 0 spiro atoms. The van der Waals surface area contributed by atoms with Crippen LogP contribution in [0, 0.1) is 0 Å². The molecular weight excluding hydrogens is 384 g/mol. The first kappa shape index (κ1) is 19.1. The van der Waals surface area contributed by atoms with Gasteiger partial charge in [0.25, 0.3) is 5.97 Å². The molecule has 1 N–H and O–H groups in total. The van der Waals surface area contributed by atoms with Crippen LogP contribution in [0.2, 0.25) is 0 Å². The fourth-order valence-electron chi connectivity index (χ4n) is 0.248. The fraction of sp³-hybridized carbons (Fsp3) is 0.833. The minimum absolute atomic E-state index is 0. The number of carbonyl (C=O) groups is 1. The van der Waals surface area contributed by atoms with Gasteiger partial charge in [-0.3, -0.25) is 4.79 Å². The maximum absolute atomic E-state index is 10.3. The van der Waals surface area contributed by atoms with Crippen molar-refractivity contribution in [2.24, 2.45) is 0 Å². The summed E-state index contributed by atoms with van der Waals surface area (Å²) in [5.74, 6) is -0.833. The van der Waals surface area contributed by atoms with Gasteiger partial charge in [-0.15, -0.1) is 9.05 Å². The summed E-state index contributed by atoms with van der Waals surface area (Å²) in [6.45, 7) is 5.50. The Hall–Kier alpha value is 0.425. The molecular formula is C6H14HgO5P+. The van der Waals surface area contributed by atoms with Crippen molar-refractivity contribution in [3.8, 4) is 0 Å². The van der Waals surface area contributed by atoms with E-state index in [0.717, 1.165) is 6.92 Å². The summed E-state index contributed by atoms with van der Waals surface area (Å²) in [6.07, 6.45) is 0. The first-order chi connectivity index (χ1) is 5.54. The van der Waals surface area contributed by atoms with E-state index >= 15 is 0 Å². The Morgan fingerprint density at radius 1 is 1.31 bits per heavy atom. The molecule has 13 heavy (non-hydrogen) atoms. The van der Waals surface area contributed by atoms with Gasteiger partial charge in [-0.25, -0.2) is 0 Å². The summed E-state index contributed by atoms with van der Waals surface area (Å²) in [5, 5.41) is 7.42. The van der Waals surface area contributed by atoms with E-state index in [1.807, 2.05) is 0 Å². The zero-order valence-electron chi connectivity index (χ0n) is 8.15. The van der Waals surface area contributed by atoms with Crippen LogP contribution in [0.5, 0.6) is 0 Å². The van der Waals surface area contributed by atoms with Crippen molar-refractivity contribution >= 4 is 14.2 Å². The molecule has 0 rings (SSSR count). The number of carboxylic acids is 1. The SMILES string of the molecule is CC(=O)O.CCO[P+](=O)OCC.[Hg]. The summed E-state index contributed by atoms with van der Waals surface area (Å²) >= 11 is 0. The van der Waals surface area contributed by atoms with E-state index in [-0.39, 0.29) is 27.7 Å². The maximum atomic E-state index is 10.3. The van der Waals surface area contributed by atoms with Crippen molar-refractivity contribution < 1.29 is 51.2 Å². The van der Waals surface area contributed by atoms with Gasteiger partial charge in [0.15, 0.2) is 0 Å². The van der Waals surface area contributed by atoms with Crippen LogP contribution in [-0.4, -0.2) is 24.3 Å². The van der Waals surface area contributed by atoms with Crippen LogP contribution < -0.4 is 0 Å². The molecule has 0 aliphatic carbocycles. The summed E-state index contributed by atoms with van der Waals surface area (Å²) in [7, 11) is -1.83. The van der Waals surface area contributed by atoms with E-state index in [0.29, 0.717) is 13.2 Å². The van der Waals surface area contributed by atoms with Gasteiger partial charge in [-0.1, -0.05) is 0 Å². The van der Waals surface area contributed by atoms with E-state index in [1.54, 1.807) is 13.8 Å². The Morgan fingerprint density at radius 3 is 1.69 bits per heavy atom. The van der Waals surface area contributed by atoms with Crippen LogP contribution in [0.3, 0.4) is 0 Å². The monoisotopic (exact) mass is 399 g/mol. The zero-order valence-corrected chi connectivity index (χ0v) is 14.5. The van der Waals surface area contributed by atoms with E-state index in [1.165, 1.54) is 0 Å². The third-order valence-corrected chi connectivity index (χ3v) is 1.41. The topological polar surface area (TPSA) is 72.8 Å². The molecule has 0 aromatic heterocycles. The molecule has 0 unspecified atom stereocenters. The predicted octanol–water partition coefficient (Wildman–Crippen LogP) is 1.81. The van der Waals surface area contributed by atoms with Crippen molar-refractivity contribution in [2.45, 2.75) is 20.8 Å². The van der Waals surface area contributed by atoms with Crippen LogP contribution >= 0.6 is 8.25 Å². The summed E-state index contributed by atoms with van der Waals surface area (Å²) in [4.78, 5) is 9.00. The molecule has 74 valence electrons. The summed E-state index contributed by atoms with van der Waals surface area (Å²) in [6, 6.07) is 0. The molecule has 5 nitrogen and oxygen atoms in total. The van der Waals surface area contributed by atoms with Gasteiger partial charge in [0, 0.05) is 39.2 Å². The van der Waals surface area contributed by atoms with Crippen molar-refractivity contribution in [1.29, 1.82) is 0 Å². The molecule has 0 heterocycles. The Bertz CT molecular complexity index is 129. The largest absolute Gasteiger partial charge is 0.697 e. The van der Waals surface area contributed by atoms with E-state index in [2.05, 4.69) is 9.05 Å².